The largest absolute Gasteiger partial charge is 0.473 e. The van der Waals surface area contributed by atoms with Gasteiger partial charge in [0.05, 0.1) is 11.8 Å². The van der Waals surface area contributed by atoms with Crippen LogP contribution in [-0.2, 0) is 17.1 Å². The second-order valence-corrected chi connectivity index (χ2v) is 8.25. The molecule has 1 N–H and O–H groups in total. The van der Waals surface area contributed by atoms with Crippen LogP contribution in [0.3, 0.4) is 0 Å². The molecule has 1 fully saturated rings. The SMILES string of the molecule is Cn1cc(S(=O)(=O)NC(=O)c2ccc(-n3ccc(OC4CC4)n3)nc2Cl)cn1. The number of hydrogen-bond donors (Lipinski definition) is 1. The molecule has 0 spiro atoms. The molecular formula is C16H15ClN6O4S. The van der Waals surface area contributed by atoms with Gasteiger partial charge in [-0.2, -0.15) is 5.10 Å². The van der Waals surface area contributed by atoms with Gasteiger partial charge in [-0.25, -0.2) is 22.8 Å². The van der Waals surface area contributed by atoms with Crippen molar-refractivity contribution in [3.8, 4) is 11.7 Å². The Bertz CT molecular complexity index is 1150. The van der Waals surface area contributed by atoms with Crippen LogP contribution in [0.15, 0.2) is 41.7 Å². The Morgan fingerprint density at radius 1 is 1.32 bits per heavy atom. The molecule has 1 aliphatic carbocycles. The number of carbonyl (C=O) groups is 1. The number of ether oxygens (including phenoxy) is 1. The number of aryl methyl sites for hydroxylation is 1. The number of rotatable bonds is 6. The molecule has 12 heteroatoms. The van der Waals surface area contributed by atoms with Gasteiger partial charge in [0, 0.05) is 25.5 Å². The summed E-state index contributed by atoms with van der Waals surface area (Å²) in [6.07, 6.45) is 6.32. The molecule has 3 aromatic rings. The van der Waals surface area contributed by atoms with E-state index in [1.54, 1.807) is 19.3 Å². The fraction of sp³-hybridized carbons (Fsp3) is 0.250. The van der Waals surface area contributed by atoms with Crippen LogP contribution in [-0.4, -0.2) is 45.0 Å². The van der Waals surface area contributed by atoms with Gasteiger partial charge < -0.3 is 4.74 Å². The van der Waals surface area contributed by atoms with E-state index in [1.807, 2.05) is 4.72 Å². The molecule has 1 amide bonds. The molecule has 0 aliphatic heterocycles. The van der Waals surface area contributed by atoms with Crippen molar-refractivity contribution < 1.29 is 17.9 Å². The van der Waals surface area contributed by atoms with Gasteiger partial charge in [0.15, 0.2) is 5.82 Å². The first-order valence-corrected chi connectivity index (χ1v) is 10.1. The molecule has 3 aromatic heterocycles. The van der Waals surface area contributed by atoms with E-state index in [4.69, 9.17) is 16.3 Å². The smallest absolute Gasteiger partial charge is 0.268 e. The van der Waals surface area contributed by atoms with Gasteiger partial charge in [-0.1, -0.05) is 11.6 Å². The van der Waals surface area contributed by atoms with Crippen molar-refractivity contribution in [1.29, 1.82) is 0 Å². The molecule has 3 heterocycles. The minimum Gasteiger partial charge on any atom is -0.473 e. The summed E-state index contributed by atoms with van der Waals surface area (Å²) in [5.41, 5.74) is -0.0838. The Morgan fingerprint density at radius 2 is 2.11 bits per heavy atom. The first-order valence-electron chi connectivity index (χ1n) is 8.27. The van der Waals surface area contributed by atoms with Crippen molar-refractivity contribution in [2.24, 2.45) is 7.05 Å². The Morgan fingerprint density at radius 3 is 2.75 bits per heavy atom. The predicted octanol–water partition coefficient (Wildman–Crippen LogP) is 1.31. The summed E-state index contributed by atoms with van der Waals surface area (Å²) in [6.45, 7) is 0. The lowest BCUT2D eigenvalue weighted by Gasteiger charge is -2.08. The van der Waals surface area contributed by atoms with Crippen LogP contribution in [0.25, 0.3) is 5.82 Å². The predicted molar refractivity (Wildman–Crippen MR) is 97.9 cm³/mol. The highest BCUT2D eigenvalue weighted by atomic mass is 35.5. The summed E-state index contributed by atoms with van der Waals surface area (Å²) in [6, 6.07) is 4.59. The number of carbonyl (C=O) groups excluding carboxylic acids is 1. The van der Waals surface area contributed by atoms with Gasteiger partial charge >= 0.3 is 0 Å². The van der Waals surface area contributed by atoms with Crippen molar-refractivity contribution in [2.45, 2.75) is 23.8 Å². The maximum Gasteiger partial charge on any atom is 0.268 e. The van der Waals surface area contributed by atoms with Gasteiger partial charge in [0.25, 0.3) is 15.9 Å². The topological polar surface area (TPSA) is 121 Å². The van der Waals surface area contributed by atoms with Crippen LogP contribution < -0.4 is 9.46 Å². The normalized spacial score (nSPS) is 14.1. The third-order valence-corrected chi connectivity index (χ3v) is 5.48. The average Bonchev–Trinajstić information content (AvgIpc) is 3.12. The van der Waals surface area contributed by atoms with Crippen LogP contribution in [0.4, 0.5) is 0 Å². The van der Waals surface area contributed by atoms with Crippen molar-refractivity contribution >= 4 is 27.5 Å². The van der Waals surface area contributed by atoms with Gasteiger partial charge in [0.1, 0.15) is 16.2 Å². The number of nitrogens with one attached hydrogen (secondary N) is 1. The zero-order valence-corrected chi connectivity index (χ0v) is 16.2. The van der Waals surface area contributed by atoms with Gasteiger partial charge in [0.2, 0.25) is 5.88 Å². The van der Waals surface area contributed by atoms with E-state index in [9.17, 15) is 13.2 Å². The Labute approximate surface area is 165 Å². The van der Waals surface area contributed by atoms with Crippen molar-refractivity contribution in [1.82, 2.24) is 29.3 Å². The van der Waals surface area contributed by atoms with Crippen molar-refractivity contribution in [3.63, 3.8) is 0 Å². The zero-order valence-electron chi connectivity index (χ0n) is 14.6. The summed E-state index contributed by atoms with van der Waals surface area (Å²) in [5.74, 6) is -0.0572. The zero-order chi connectivity index (χ0) is 19.9. The standard InChI is InChI=1S/C16H15ClN6O4S/c1-22-9-11(8-18-22)28(25,26)21-16(24)12-4-5-13(19-15(12)17)23-7-6-14(20-23)27-10-2-3-10/h4-10H,2-3H2,1H3,(H,21,24). The van der Waals surface area contributed by atoms with Crippen LogP contribution >= 0.6 is 11.6 Å². The number of amides is 1. The number of halogens is 1. The van der Waals surface area contributed by atoms with Gasteiger partial charge in [-0.05, 0) is 25.0 Å². The molecule has 1 saturated carbocycles. The summed E-state index contributed by atoms with van der Waals surface area (Å²) >= 11 is 6.10. The molecular weight excluding hydrogens is 408 g/mol. The molecule has 146 valence electrons. The Hall–Kier alpha value is -2.92. The van der Waals surface area contributed by atoms with Crippen LogP contribution in [0.5, 0.6) is 5.88 Å². The first kappa shape index (κ1) is 18.4. The second kappa shape index (κ2) is 6.91. The first-order chi connectivity index (χ1) is 13.3. The highest BCUT2D eigenvalue weighted by molar-refractivity contribution is 7.90. The van der Waals surface area contributed by atoms with E-state index >= 15 is 0 Å². The molecule has 0 unspecified atom stereocenters. The van der Waals surface area contributed by atoms with Crippen LogP contribution in [0, 0.1) is 0 Å². The van der Waals surface area contributed by atoms with E-state index < -0.39 is 15.9 Å². The lowest BCUT2D eigenvalue weighted by atomic mass is 10.3. The molecule has 0 atom stereocenters. The van der Waals surface area contributed by atoms with E-state index in [-0.39, 0.29) is 21.7 Å². The summed E-state index contributed by atoms with van der Waals surface area (Å²) in [5, 5.41) is 7.87. The Balaban J connectivity index is 1.52. The summed E-state index contributed by atoms with van der Waals surface area (Å²) < 4.78 is 34.8. The number of pyridine rings is 1. The maximum absolute atomic E-state index is 12.4. The molecule has 10 nitrogen and oxygen atoms in total. The monoisotopic (exact) mass is 422 g/mol. The minimum absolute atomic E-state index is 0.0838. The van der Waals surface area contributed by atoms with E-state index in [0.29, 0.717) is 11.7 Å². The number of hydrogen-bond acceptors (Lipinski definition) is 7. The maximum atomic E-state index is 12.4. The number of nitrogens with zero attached hydrogens (tertiary/aromatic N) is 5. The average molecular weight is 423 g/mol. The quantitative estimate of drug-likeness (QED) is 0.594. The Kier molecular flexibility index (Phi) is 4.55. The lowest BCUT2D eigenvalue weighted by molar-refractivity contribution is 0.0981. The number of sulfonamides is 1. The molecule has 0 radical (unpaired) electrons. The van der Waals surface area contributed by atoms with Gasteiger partial charge in [-0.15, -0.1) is 5.10 Å². The van der Waals surface area contributed by atoms with Crippen molar-refractivity contribution in [2.75, 3.05) is 0 Å². The molecule has 1 aliphatic rings. The molecule has 0 bridgehead atoms. The summed E-state index contributed by atoms with van der Waals surface area (Å²) in [4.78, 5) is 16.3. The molecule has 4 rings (SSSR count). The molecule has 0 aromatic carbocycles. The third kappa shape index (κ3) is 3.85. The fourth-order valence-corrected chi connectivity index (χ4v) is 3.53. The third-order valence-electron chi connectivity index (χ3n) is 3.91. The lowest BCUT2D eigenvalue weighted by Crippen LogP contribution is -2.30. The highest BCUT2D eigenvalue weighted by Crippen LogP contribution is 2.26. The highest BCUT2D eigenvalue weighted by Gasteiger charge is 2.25. The van der Waals surface area contributed by atoms with E-state index in [2.05, 4.69) is 15.2 Å². The summed E-state index contributed by atoms with van der Waals surface area (Å²) in [7, 11) is -2.51. The molecule has 0 saturated heterocycles. The van der Waals surface area contributed by atoms with E-state index in [1.165, 1.54) is 27.7 Å². The number of aromatic nitrogens is 5. The van der Waals surface area contributed by atoms with Crippen LogP contribution in [0.2, 0.25) is 5.15 Å². The van der Waals surface area contributed by atoms with Crippen molar-refractivity contribution in [3.05, 3.63) is 47.5 Å². The second-order valence-electron chi connectivity index (χ2n) is 6.21. The fourth-order valence-electron chi connectivity index (χ4n) is 2.35. The molecule has 28 heavy (non-hydrogen) atoms. The van der Waals surface area contributed by atoms with Crippen LogP contribution in [0.1, 0.15) is 23.2 Å². The van der Waals surface area contributed by atoms with Gasteiger partial charge in [-0.3, -0.25) is 9.48 Å². The van der Waals surface area contributed by atoms with E-state index in [0.717, 1.165) is 19.0 Å². The minimum atomic E-state index is -4.07.